The molecule has 13 nitrogen and oxygen atoms in total. The van der Waals surface area contributed by atoms with E-state index in [1.807, 2.05) is 0 Å². The number of carbonyl (C=O) groups excluding carboxylic acids is 6. The van der Waals surface area contributed by atoms with Gasteiger partial charge in [-0.05, 0) is 24.6 Å². The van der Waals surface area contributed by atoms with Crippen LogP contribution in [0.1, 0.15) is 33.1 Å². The number of rotatable bonds is 7. The summed E-state index contributed by atoms with van der Waals surface area (Å²) < 4.78 is 25.7. The molecule has 0 aromatic rings. The molecule has 0 bridgehead atoms. The average Bonchev–Trinajstić information content (AvgIpc) is 3.25. The van der Waals surface area contributed by atoms with Gasteiger partial charge in [0.05, 0.1) is 12.8 Å². The first-order valence-electron chi connectivity index (χ1n) is 11.0. The summed E-state index contributed by atoms with van der Waals surface area (Å²) in [5.41, 5.74) is 2.76. The lowest BCUT2D eigenvalue weighted by atomic mass is 10.1. The van der Waals surface area contributed by atoms with Crippen LogP contribution < -0.4 is 0 Å². The van der Waals surface area contributed by atoms with Crippen LogP contribution in [0.15, 0.2) is 41.7 Å². The van der Waals surface area contributed by atoms with E-state index in [0.717, 1.165) is 13.8 Å². The van der Waals surface area contributed by atoms with E-state index in [2.05, 4.69) is 15.2 Å². The Kier molecular flexibility index (Phi) is 6.93. The van der Waals surface area contributed by atoms with Gasteiger partial charge >= 0.3 is 23.9 Å². The molecule has 4 unspecified atom stereocenters. The van der Waals surface area contributed by atoms with Gasteiger partial charge in [0.1, 0.15) is 24.4 Å². The number of ether oxygens (including phenoxy) is 5. The van der Waals surface area contributed by atoms with Crippen molar-refractivity contribution in [2.24, 2.45) is 0 Å². The fraction of sp³-hybridized carbons (Fsp3) is 0.435. The first kappa shape index (κ1) is 24.7. The number of amides is 2. The molecule has 0 aliphatic carbocycles. The van der Waals surface area contributed by atoms with E-state index >= 15 is 0 Å². The van der Waals surface area contributed by atoms with Crippen molar-refractivity contribution in [3.63, 3.8) is 0 Å². The van der Waals surface area contributed by atoms with Gasteiger partial charge in [-0.1, -0.05) is 5.73 Å². The molecule has 190 valence electrons. The lowest BCUT2D eigenvalue weighted by molar-refractivity contribution is -0.170. The molecule has 2 amide bonds. The van der Waals surface area contributed by atoms with Crippen LogP contribution in [-0.4, -0.2) is 76.6 Å². The summed E-state index contributed by atoms with van der Waals surface area (Å²) in [4.78, 5) is 72.6. The second-order valence-corrected chi connectivity index (χ2v) is 8.06. The Hall–Kier alpha value is -4.38. The molecule has 0 spiro atoms. The van der Waals surface area contributed by atoms with Crippen LogP contribution in [0.25, 0.3) is 0 Å². The van der Waals surface area contributed by atoms with E-state index in [9.17, 15) is 28.8 Å². The van der Waals surface area contributed by atoms with Gasteiger partial charge in [-0.25, -0.2) is 9.59 Å². The molecular weight excluding hydrogens is 480 g/mol. The fourth-order valence-electron chi connectivity index (χ4n) is 4.03. The Morgan fingerprint density at radius 3 is 1.86 bits per heavy atom. The third-order valence-corrected chi connectivity index (χ3v) is 5.56. The zero-order valence-corrected chi connectivity index (χ0v) is 19.3. The summed E-state index contributed by atoms with van der Waals surface area (Å²) in [6.07, 6.45) is 5.26. The third-order valence-electron chi connectivity index (χ3n) is 5.56. The van der Waals surface area contributed by atoms with Gasteiger partial charge in [0.25, 0.3) is 0 Å². The van der Waals surface area contributed by atoms with Gasteiger partial charge in [0, 0.05) is 13.8 Å². The number of hydrogen-bond donors (Lipinski definition) is 0. The van der Waals surface area contributed by atoms with Crippen LogP contribution in [0.5, 0.6) is 0 Å². The van der Waals surface area contributed by atoms with Gasteiger partial charge in [-0.15, -0.1) is 0 Å². The molecule has 4 saturated heterocycles. The van der Waals surface area contributed by atoms with Crippen LogP contribution >= 0.6 is 0 Å². The molecule has 13 heteroatoms. The summed E-state index contributed by atoms with van der Waals surface area (Å²) in [5.74, 6) is -3.57. The Morgan fingerprint density at radius 1 is 0.889 bits per heavy atom. The number of hydrogen-bond acceptors (Lipinski definition) is 11. The molecular formula is C23H22N2O11. The van der Waals surface area contributed by atoms with E-state index < -0.39 is 48.4 Å². The zero-order chi connectivity index (χ0) is 26.0. The van der Waals surface area contributed by atoms with Gasteiger partial charge in [-0.2, -0.15) is 0 Å². The smallest absolute Gasteiger partial charge is 0.344 e. The topological polar surface area (TPSA) is 155 Å². The van der Waals surface area contributed by atoms with E-state index in [0.29, 0.717) is 0 Å². The molecule has 36 heavy (non-hydrogen) atoms. The Labute approximate surface area is 204 Å². The van der Waals surface area contributed by atoms with Crippen molar-refractivity contribution in [2.45, 2.75) is 57.6 Å². The van der Waals surface area contributed by atoms with Crippen LogP contribution in [0, 0.1) is 0 Å². The number of esters is 4. The number of β-lactam (4-membered cyclic amide) rings is 2. The van der Waals surface area contributed by atoms with Crippen LogP contribution in [0.2, 0.25) is 0 Å². The highest BCUT2D eigenvalue weighted by atomic mass is 16.6. The quantitative estimate of drug-likeness (QED) is 0.115. The van der Waals surface area contributed by atoms with E-state index in [1.165, 1.54) is 22.1 Å². The van der Waals surface area contributed by atoms with E-state index in [-0.39, 0.29) is 49.2 Å². The first-order valence-corrected chi connectivity index (χ1v) is 11.0. The highest BCUT2D eigenvalue weighted by Gasteiger charge is 2.55. The van der Waals surface area contributed by atoms with E-state index in [4.69, 9.17) is 14.2 Å². The molecule has 0 aromatic carbocycles. The highest BCUT2D eigenvalue weighted by molar-refractivity contribution is 5.96. The van der Waals surface area contributed by atoms with Crippen molar-refractivity contribution in [1.82, 2.24) is 9.80 Å². The monoisotopic (exact) mass is 502 g/mol. The standard InChI is InChI=1S/C23H22N2O11/c1-12(26)33-22(30)20-14(35-18-10-16(28)24(18)20)6-4-3-5-8-32-9-7-15-21(23(31)34-13(2)27)25-17(29)11-19(25)36-15/h3,6-8,18-21H,4,9-11H2,1-2H3/b14-6-,15-7-. The van der Waals surface area contributed by atoms with Crippen LogP contribution in [0.4, 0.5) is 0 Å². The maximum Gasteiger partial charge on any atom is 0.344 e. The minimum atomic E-state index is -1.14. The first-order chi connectivity index (χ1) is 17.2. The van der Waals surface area contributed by atoms with Gasteiger partial charge < -0.3 is 23.7 Å². The van der Waals surface area contributed by atoms with Crippen LogP contribution in [-0.2, 0) is 52.5 Å². The lowest BCUT2D eigenvalue weighted by Crippen LogP contribution is -2.55. The zero-order valence-electron chi connectivity index (χ0n) is 19.3. The van der Waals surface area contributed by atoms with Crippen molar-refractivity contribution < 1.29 is 52.5 Å². The number of carbonyl (C=O) groups is 6. The average molecular weight is 502 g/mol. The van der Waals surface area contributed by atoms with Crippen molar-refractivity contribution in [1.29, 1.82) is 0 Å². The van der Waals surface area contributed by atoms with Crippen molar-refractivity contribution in [3.8, 4) is 0 Å². The molecule has 0 saturated carbocycles. The summed E-state index contributed by atoms with van der Waals surface area (Å²) >= 11 is 0. The van der Waals surface area contributed by atoms with Crippen molar-refractivity contribution in [2.75, 3.05) is 6.61 Å². The Bertz CT molecular complexity index is 1150. The third kappa shape index (κ3) is 4.86. The Morgan fingerprint density at radius 2 is 1.39 bits per heavy atom. The fourth-order valence-corrected chi connectivity index (χ4v) is 4.03. The molecule has 4 heterocycles. The highest BCUT2D eigenvalue weighted by Crippen LogP contribution is 2.38. The summed E-state index contributed by atoms with van der Waals surface area (Å²) in [6.45, 7) is 2.16. The van der Waals surface area contributed by atoms with Gasteiger partial charge in [0.15, 0.2) is 24.5 Å². The summed E-state index contributed by atoms with van der Waals surface area (Å²) in [7, 11) is 0. The molecule has 4 aliphatic heterocycles. The second kappa shape index (κ2) is 10.1. The number of nitrogens with zero attached hydrogens (tertiary/aromatic N) is 2. The molecule has 4 atom stereocenters. The second-order valence-electron chi connectivity index (χ2n) is 8.06. The SMILES string of the molecule is CC(=O)OC(=O)C1/C(=C/CC=C=COC/C=C2\OC3CC(=O)N3C2C(=O)OC(C)=O)OC2CC(=O)N21. The predicted octanol–water partition coefficient (Wildman–Crippen LogP) is -0.0765. The molecule has 0 aromatic heterocycles. The molecule has 0 N–H and O–H groups in total. The molecule has 4 fully saturated rings. The number of fused-ring (bicyclic) bond motifs is 2. The summed E-state index contributed by atoms with van der Waals surface area (Å²) in [6, 6.07) is -2.24. The molecule has 4 aliphatic rings. The number of allylic oxidation sites excluding steroid dienone is 2. The van der Waals surface area contributed by atoms with Crippen molar-refractivity contribution >= 4 is 35.7 Å². The molecule has 0 radical (unpaired) electrons. The minimum Gasteiger partial charge on any atom is -0.489 e. The van der Waals surface area contributed by atoms with Gasteiger partial charge in [0.2, 0.25) is 11.8 Å². The van der Waals surface area contributed by atoms with Crippen molar-refractivity contribution in [3.05, 3.63) is 41.7 Å². The Balaban J connectivity index is 1.31. The predicted molar refractivity (Wildman–Crippen MR) is 113 cm³/mol. The van der Waals surface area contributed by atoms with Gasteiger partial charge in [-0.3, -0.25) is 29.0 Å². The summed E-state index contributed by atoms with van der Waals surface area (Å²) in [5, 5.41) is 0. The van der Waals surface area contributed by atoms with E-state index in [1.54, 1.807) is 12.2 Å². The maximum atomic E-state index is 12.2. The molecule has 4 rings (SSSR count). The maximum absolute atomic E-state index is 12.2. The largest absolute Gasteiger partial charge is 0.489 e. The normalized spacial score (nSPS) is 27.5. The minimum absolute atomic E-state index is 0.0172. The lowest BCUT2D eigenvalue weighted by Gasteiger charge is -2.33. The van der Waals surface area contributed by atoms with Crippen LogP contribution in [0.3, 0.4) is 0 Å².